The van der Waals surface area contributed by atoms with Crippen LogP contribution < -0.4 is 15.2 Å². The summed E-state index contributed by atoms with van der Waals surface area (Å²) >= 11 is 0. The summed E-state index contributed by atoms with van der Waals surface area (Å²) in [6, 6.07) is 3.18. The molecule has 1 fully saturated rings. The van der Waals surface area contributed by atoms with E-state index in [4.69, 9.17) is 15.2 Å². The van der Waals surface area contributed by atoms with Gasteiger partial charge in [0.25, 0.3) is 0 Å². The smallest absolute Gasteiger partial charge is 0.244 e. The first-order valence-electron chi connectivity index (χ1n) is 7.21. The highest BCUT2D eigenvalue weighted by Crippen LogP contribution is 2.34. The molecule has 1 aromatic carbocycles. The maximum absolute atomic E-state index is 12.6. The number of fused-ring (bicyclic) bond motifs is 1. The van der Waals surface area contributed by atoms with Crippen LogP contribution in [0, 0.1) is 0 Å². The van der Waals surface area contributed by atoms with Gasteiger partial charge in [0.1, 0.15) is 10.6 Å². The van der Waals surface area contributed by atoms with E-state index < -0.39 is 10.0 Å². The predicted octanol–water partition coefficient (Wildman–Crippen LogP) is 1.05. The zero-order chi connectivity index (χ0) is 14.9. The molecule has 116 valence electrons. The van der Waals surface area contributed by atoms with Gasteiger partial charge in [-0.25, -0.2) is 13.1 Å². The molecule has 0 aliphatic carbocycles. The van der Waals surface area contributed by atoms with Crippen molar-refractivity contribution in [2.75, 3.05) is 25.6 Å². The molecule has 2 aliphatic rings. The molecule has 0 unspecified atom stereocenters. The molecule has 0 atom stereocenters. The quantitative estimate of drug-likeness (QED) is 0.814. The Morgan fingerprint density at radius 1 is 1.19 bits per heavy atom. The zero-order valence-electron chi connectivity index (χ0n) is 11.8. The van der Waals surface area contributed by atoms with Crippen molar-refractivity contribution in [3.8, 4) is 5.75 Å². The predicted molar refractivity (Wildman–Crippen MR) is 78.8 cm³/mol. The van der Waals surface area contributed by atoms with Crippen LogP contribution in [-0.2, 0) is 21.2 Å². The van der Waals surface area contributed by atoms with E-state index in [2.05, 4.69) is 4.72 Å². The monoisotopic (exact) mass is 312 g/mol. The van der Waals surface area contributed by atoms with Gasteiger partial charge in [-0.3, -0.25) is 0 Å². The average Bonchev–Trinajstić information content (AvgIpc) is 2.47. The number of nitrogens with two attached hydrogens (primary N) is 1. The number of hydrogen-bond acceptors (Lipinski definition) is 5. The fourth-order valence-electron chi connectivity index (χ4n) is 2.77. The molecule has 0 aromatic heterocycles. The molecule has 0 saturated carbocycles. The number of nitrogen functional groups attached to an aromatic ring is 1. The Hall–Kier alpha value is -1.31. The van der Waals surface area contributed by atoms with Crippen molar-refractivity contribution in [1.29, 1.82) is 0 Å². The summed E-state index contributed by atoms with van der Waals surface area (Å²) in [5, 5.41) is 0. The number of sulfonamides is 1. The maximum Gasteiger partial charge on any atom is 0.244 e. The molecule has 3 N–H and O–H groups in total. The van der Waals surface area contributed by atoms with E-state index in [1.165, 1.54) is 6.07 Å². The Kier molecular flexibility index (Phi) is 4.05. The molecule has 7 heteroatoms. The minimum absolute atomic E-state index is 0.0931. The summed E-state index contributed by atoms with van der Waals surface area (Å²) in [5.41, 5.74) is 7.16. The van der Waals surface area contributed by atoms with Crippen LogP contribution in [0.2, 0.25) is 0 Å². The van der Waals surface area contributed by atoms with E-state index in [9.17, 15) is 8.42 Å². The second kappa shape index (κ2) is 5.82. The van der Waals surface area contributed by atoms with Gasteiger partial charge in [0, 0.05) is 24.9 Å². The highest BCUT2D eigenvalue weighted by atomic mass is 32.2. The fraction of sp³-hybridized carbons (Fsp3) is 0.571. The Bertz CT molecular complexity index is 624. The number of nitrogens with one attached hydrogen (secondary N) is 1. The topological polar surface area (TPSA) is 90.7 Å². The number of hydrogen-bond donors (Lipinski definition) is 2. The molecule has 0 amide bonds. The van der Waals surface area contributed by atoms with Gasteiger partial charge in [0.2, 0.25) is 10.0 Å². The van der Waals surface area contributed by atoms with E-state index in [0.29, 0.717) is 44.1 Å². The Labute approximate surface area is 124 Å². The van der Waals surface area contributed by atoms with Crippen molar-refractivity contribution >= 4 is 15.7 Å². The zero-order valence-corrected chi connectivity index (χ0v) is 12.6. The van der Waals surface area contributed by atoms with E-state index in [1.54, 1.807) is 6.07 Å². The molecule has 2 heterocycles. The highest BCUT2D eigenvalue weighted by Gasteiger charge is 2.28. The molecule has 3 rings (SSSR count). The van der Waals surface area contributed by atoms with E-state index in [-0.39, 0.29) is 10.9 Å². The van der Waals surface area contributed by atoms with Crippen LogP contribution in [-0.4, -0.2) is 34.3 Å². The van der Waals surface area contributed by atoms with Crippen LogP contribution in [0.5, 0.6) is 5.75 Å². The minimum Gasteiger partial charge on any atom is -0.492 e. The lowest BCUT2D eigenvalue weighted by molar-refractivity contribution is 0.0832. The molecule has 1 saturated heterocycles. The average molecular weight is 312 g/mol. The molecule has 6 nitrogen and oxygen atoms in total. The summed E-state index contributed by atoms with van der Waals surface area (Å²) in [7, 11) is -3.63. The van der Waals surface area contributed by atoms with Crippen LogP contribution in [0.25, 0.3) is 0 Å². The third kappa shape index (κ3) is 3.14. The lowest BCUT2D eigenvalue weighted by Crippen LogP contribution is -2.39. The van der Waals surface area contributed by atoms with Gasteiger partial charge in [-0.2, -0.15) is 0 Å². The van der Waals surface area contributed by atoms with E-state index >= 15 is 0 Å². The van der Waals surface area contributed by atoms with Crippen molar-refractivity contribution in [3.63, 3.8) is 0 Å². The maximum atomic E-state index is 12.6. The van der Waals surface area contributed by atoms with Crippen molar-refractivity contribution < 1.29 is 17.9 Å². The molecular weight excluding hydrogens is 292 g/mol. The van der Waals surface area contributed by atoms with Gasteiger partial charge in [0.05, 0.1) is 6.61 Å². The second-order valence-electron chi connectivity index (χ2n) is 5.47. The van der Waals surface area contributed by atoms with Gasteiger partial charge in [-0.05, 0) is 43.4 Å². The number of benzene rings is 1. The van der Waals surface area contributed by atoms with Crippen molar-refractivity contribution in [2.45, 2.75) is 36.6 Å². The molecule has 2 aliphatic heterocycles. The van der Waals surface area contributed by atoms with Gasteiger partial charge in [-0.1, -0.05) is 0 Å². The largest absolute Gasteiger partial charge is 0.492 e. The lowest BCUT2D eigenvalue weighted by atomic mass is 10.1. The van der Waals surface area contributed by atoms with Crippen molar-refractivity contribution in [3.05, 3.63) is 17.7 Å². The number of rotatable bonds is 3. The first-order valence-corrected chi connectivity index (χ1v) is 8.70. The second-order valence-corrected chi connectivity index (χ2v) is 7.15. The van der Waals surface area contributed by atoms with Gasteiger partial charge >= 0.3 is 0 Å². The molecule has 0 bridgehead atoms. The lowest BCUT2D eigenvalue weighted by Gasteiger charge is -2.25. The van der Waals surface area contributed by atoms with Gasteiger partial charge in [-0.15, -0.1) is 0 Å². The molecule has 0 spiro atoms. The molecular formula is C14H20N2O4S. The van der Waals surface area contributed by atoms with Crippen molar-refractivity contribution in [1.82, 2.24) is 4.72 Å². The first kappa shape index (κ1) is 14.6. The molecule has 0 radical (unpaired) electrons. The van der Waals surface area contributed by atoms with Crippen LogP contribution in [0.1, 0.15) is 24.8 Å². The Morgan fingerprint density at radius 3 is 2.71 bits per heavy atom. The van der Waals surface area contributed by atoms with Crippen LogP contribution in [0.3, 0.4) is 0 Å². The summed E-state index contributed by atoms with van der Waals surface area (Å²) < 4.78 is 38.9. The summed E-state index contributed by atoms with van der Waals surface area (Å²) in [6.07, 6.45) is 3.04. The van der Waals surface area contributed by atoms with Crippen LogP contribution in [0.15, 0.2) is 17.0 Å². The minimum atomic E-state index is -3.63. The van der Waals surface area contributed by atoms with E-state index in [1.807, 2.05) is 0 Å². The Morgan fingerprint density at radius 2 is 1.95 bits per heavy atom. The summed E-state index contributed by atoms with van der Waals surface area (Å²) in [5.74, 6) is 0.454. The Balaban J connectivity index is 1.92. The van der Waals surface area contributed by atoms with Crippen molar-refractivity contribution in [2.24, 2.45) is 0 Å². The van der Waals surface area contributed by atoms with Crippen LogP contribution in [0.4, 0.5) is 5.69 Å². The summed E-state index contributed by atoms with van der Waals surface area (Å²) in [6.45, 7) is 1.70. The van der Waals surface area contributed by atoms with Crippen LogP contribution >= 0.6 is 0 Å². The molecule has 21 heavy (non-hydrogen) atoms. The fourth-order valence-corrected chi connectivity index (χ4v) is 4.29. The number of aryl methyl sites for hydroxylation is 1. The number of anilines is 1. The normalized spacial score (nSPS) is 19.8. The van der Waals surface area contributed by atoms with E-state index in [0.717, 1.165) is 18.4 Å². The first-order chi connectivity index (χ1) is 10.1. The SMILES string of the molecule is Nc1cc2c(c(S(=O)(=O)NC3CCOCC3)c1)OCCC2. The third-order valence-electron chi connectivity index (χ3n) is 3.82. The molecule has 1 aromatic rings. The number of ether oxygens (including phenoxy) is 2. The van der Waals surface area contributed by atoms with Gasteiger partial charge in [0.15, 0.2) is 0 Å². The third-order valence-corrected chi connectivity index (χ3v) is 5.35. The highest BCUT2D eigenvalue weighted by molar-refractivity contribution is 7.89. The van der Waals surface area contributed by atoms with Gasteiger partial charge < -0.3 is 15.2 Å². The summed E-state index contributed by atoms with van der Waals surface area (Å²) in [4.78, 5) is 0.156. The standard InChI is InChI=1S/C14H20N2O4S/c15-11-8-10-2-1-5-20-14(10)13(9-11)21(17,18)16-12-3-6-19-7-4-12/h8-9,12,16H,1-7,15H2.